The highest BCUT2D eigenvalue weighted by molar-refractivity contribution is 5.96. The van der Waals surface area contributed by atoms with Gasteiger partial charge in [-0.1, -0.05) is 0 Å². The third-order valence-corrected chi connectivity index (χ3v) is 2.25. The zero-order valence-corrected chi connectivity index (χ0v) is 10.2. The number of nitrogens with one attached hydrogen (secondary N) is 1. The summed E-state index contributed by atoms with van der Waals surface area (Å²) in [7, 11) is 0. The van der Waals surface area contributed by atoms with Gasteiger partial charge in [-0.05, 0) is 32.0 Å². The summed E-state index contributed by atoms with van der Waals surface area (Å²) in [5.41, 5.74) is 5.36. The van der Waals surface area contributed by atoms with E-state index in [1.807, 2.05) is 0 Å². The lowest BCUT2D eigenvalue weighted by Crippen LogP contribution is -2.39. The van der Waals surface area contributed by atoms with Crippen molar-refractivity contribution in [1.29, 1.82) is 0 Å². The minimum Gasteiger partial charge on any atom is -0.464 e. The second kappa shape index (κ2) is 6.00. The Morgan fingerprint density at radius 1 is 1.50 bits per heavy atom. The zero-order valence-electron chi connectivity index (χ0n) is 10.2. The molecule has 0 aliphatic heterocycles. The van der Waals surface area contributed by atoms with Crippen LogP contribution < -0.4 is 11.1 Å². The normalized spacial score (nSPS) is 11.7. The Morgan fingerprint density at radius 2 is 2.17 bits per heavy atom. The Balaban J connectivity index is 2.70. The van der Waals surface area contributed by atoms with E-state index in [9.17, 15) is 14.0 Å². The van der Waals surface area contributed by atoms with E-state index in [1.54, 1.807) is 6.92 Å². The molecule has 6 heteroatoms. The number of ether oxygens (including phenoxy) is 1. The van der Waals surface area contributed by atoms with Gasteiger partial charge in [-0.3, -0.25) is 4.79 Å². The van der Waals surface area contributed by atoms with E-state index in [0.717, 1.165) is 6.07 Å². The first-order chi connectivity index (χ1) is 8.45. The van der Waals surface area contributed by atoms with Crippen LogP contribution in [0.15, 0.2) is 18.2 Å². The van der Waals surface area contributed by atoms with Crippen molar-refractivity contribution in [2.45, 2.75) is 19.9 Å². The highest BCUT2D eigenvalue weighted by Gasteiger charge is 2.17. The van der Waals surface area contributed by atoms with Gasteiger partial charge in [-0.2, -0.15) is 0 Å². The Hall–Kier alpha value is -2.11. The van der Waals surface area contributed by atoms with Gasteiger partial charge >= 0.3 is 5.97 Å². The van der Waals surface area contributed by atoms with Crippen LogP contribution >= 0.6 is 0 Å². The van der Waals surface area contributed by atoms with Gasteiger partial charge in [0.25, 0.3) is 5.91 Å². The molecular weight excluding hydrogens is 239 g/mol. The van der Waals surface area contributed by atoms with Crippen molar-refractivity contribution in [2.75, 3.05) is 12.3 Å². The van der Waals surface area contributed by atoms with E-state index in [1.165, 1.54) is 19.1 Å². The van der Waals surface area contributed by atoms with Gasteiger partial charge in [0.1, 0.15) is 11.9 Å². The van der Waals surface area contributed by atoms with Crippen molar-refractivity contribution in [3.63, 3.8) is 0 Å². The van der Waals surface area contributed by atoms with Crippen LogP contribution in [0.4, 0.5) is 10.1 Å². The van der Waals surface area contributed by atoms with Crippen LogP contribution in [-0.4, -0.2) is 24.5 Å². The number of anilines is 1. The molecule has 1 amide bonds. The molecule has 0 saturated heterocycles. The topological polar surface area (TPSA) is 81.4 Å². The number of carbonyl (C=O) groups is 2. The number of esters is 1. The van der Waals surface area contributed by atoms with Crippen LogP contribution in [0.5, 0.6) is 0 Å². The molecule has 5 nitrogen and oxygen atoms in total. The first-order valence-corrected chi connectivity index (χ1v) is 5.48. The molecule has 0 fully saturated rings. The molecule has 0 aromatic heterocycles. The average Bonchev–Trinajstić information content (AvgIpc) is 2.32. The zero-order chi connectivity index (χ0) is 13.7. The van der Waals surface area contributed by atoms with Crippen molar-refractivity contribution >= 4 is 17.6 Å². The first kappa shape index (κ1) is 14.0. The molecule has 0 heterocycles. The number of rotatable bonds is 4. The van der Waals surface area contributed by atoms with Crippen molar-refractivity contribution in [3.8, 4) is 0 Å². The van der Waals surface area contributed by atoms with Gasteiger partial charge in [0, 0.05) is 5.56 Å². The summed E-state index contributed by atoms with van der Waals surface area (Å²) in [6, 6.07) is 2.89. The molecule has 3 N–H and O–H groups in total. The lowest BCUT2D eigenvalue weighted by molar-refractivity contribution is -0.144. The molecule has 98 valence electrons. The number of nitrogens with two attached hydrogens (primary N) is 1. The summed E-state index contributed by atoms with van der Waals surface area (Å²) < 4.78 is 17.9. The summed E-state index contributed by atoms with van der Waals surface area (Å²) in [5, 5.41) is 2.41. The fraction of sp³-hybridized carbons (Fsp3) is 0.333. The molecule has 18 heavy (non-hydrogen) atoms. The maximum Gasteiger partial charge on any atom is 0.328 e. The first-order valence-electron chi connectivity index (χ1n) is 5.48. The summed E-state index contributed by atoms with van der Waals surface area (Å²) in [6.45, 7) is 3.39. The van der Waals surface area contributed by atoms with E-state index in [2.05, 4.69) is 5.32 Å². The Kier molecular flexibility index (Phi) is 4.65. The lowest BCUT2D eigenvalue weighted by Gasteiger charge is -2.12. The van der Waals surface area contributed by atoms with Gasteiger partial charge in [0.05, 0.1) is 12.3 Å². The highest BCUT2D eigenvalue weighted by atomic mass is 19.1. The Bertz CT molecular complexity index is 463. The average molecular weight is 254 g/mol. The predicted octanol–water partition coefficient (Wildman–Crippen LogP) is 1.09. The highest BCUT2D eigenvalue weighted by Crippen LogP contribution is 2.11. The maximum atomic E-state index is 13.2. The molecule has 0 aliphatic carbocycles. The second-order valence-electron chi connectivity index (χ2n) is 3.68. The third-order valence-electron chi connectivity index (χ3n) is 2.25. The van der Waals surface area contributed by atoms with Crippen molar-refractivity contribution < 1.29 is 18.7 Å². The fourth-order valence-corrected chi connectivity index (χ4v) is 1.27. The molecule has 1 aromatic rings. The number of hydrogen-bond acceptors (Lipinski definition) is 4. The van der Waals surface area contributed by atoms with Gasteiger partial charge in [0.15, 0.2) is 0 Å². The number of halogens is 1. The largest absolute Gasteiger partial charge is 0.464 e. The van der Waals surface area contributed by atoms with Crippen molar-refractivity contribution in [1.82, 2.24) is 5.32 Å². The van der Waals surface area contributed by atoms with E-state index < -0.39 is 23.7 Å². The van der Waals surface area contributed by atoms with Gasteiger partial charge in [-0.25, -0.2) is 9.18 Å². The van der Waals surface area contributed by atoms with Crippen LogP contribution in [0.2, 0.25) is 0 Å². The summed E-state index contributed by atoms with van der Waals surface area (Å²) in [4.78, 5) is 23.0. The van der Waals surface area contributed by atoms with E-state index in [0.29, 0.717) is 0 Å². The molecule has 0 saturated carbocycles. The predicted molar refractivity (Wildman–Crippen MR) is 64.4 cm³/mol. The minimum absolute atomic E-state index is 0.0370. The molecule has 1 atom stereocenters. The summed E-state index contributed by atoms with van der Waals surface area (Å²) in [5.74, 6) is -1.78. The molecule has 0 spiro atoms. The molecule has 0 radical (unpaired) electrons. The lowest BCUT2D eigenvalue weighted by atomic mass is 10.1. The third kappa shape index (κ3) is 3.44. The van der Waals surface area contributed by atoms with Crippen molar-refractivity contribution in [3.05, 3.63) is 29.6 Å². The number of carbonyl (C=O) groups excluding carboxylic acids is 2. The minimum atomic E-state index is -0.793. The fourth-order valence-electron chi connectivity index (χ4n) is 1.27. The van der Waals surface area contributed by atoms with E-state index in [-0.39, 0.29) is 17.9 Å². The molecule has 1 rings (SSSR count). The van der Waals surface area contributed by atoms with Crippen LogP contribution in [0.1, 0.15) is 24.2 Å². The van der Waals surface area contributed by atoms with Gasteiger partial charge in [-0.15, -0.1) is 0 Å². The van der Waals surface area contributed by atoms with Crippen LogP contribution in [-0.2, 0) is 9.53 Å². The van der Waals surface area contributed by atoms with Crippen molar-refractivity contribution in [2.24, 2.45) is 0 Å². The van der Waals surface area contributed by atoms with Gasteiger partial charge < -0.3 is 15.8 Å². The molecule has 1 aromatic carbocycles. The Labute approximate surface area is 104 Å². The molecule has 1 unspecified atom stereocenters. The number of hydrogen-bond donors (Lipinski definition) is 2. The quantitative estimate of drug-likeness (QED) is 0.622. The monoisotopic (exact) mass is 254 g/mol. The van der Waals surface area contributed by atoms with Crippen LogP contribution in [0.3, 0.4) is 0 Å². The number of nitrogen functional groups attached to an aromatic ring is 1. The SMILES string of the molecule is CCOC(=O)C(C)NC(=O)c1ccc(N)c(F)c1. The van der Waals surface area contributed by atoms with Gasteiger partial charge in [0.2, 0.25) is 0 Å². The summed E-state index contributed by atoms with van der Waals surface area (Å²) in [6.07, 6.45) is 0. The van der Waals surface area contributed by atoms with Crippen LogP contribution in [0, 0.1) is 5.82 Å². The standard InChI is InChI=1S/C12H15FN2O3/c1-3-18-12(17)7(2)15-11(16)8-4-5-10(14)9(13)6-8/h4-7H,3,14H2,1-2H3,(H,15,16). The number of benzene rings is 1. The molecule has 0 aliphatic rings. The molecule has 0 bridgehead atoms. The second-order valence-corrected chi connectivity index (χ2v) is 3.68. The smallest absolute Gasteiger partial charge is 0.328 e. The molecular formula is C12H15FN2O3. The summed E-state index contributed by atoms with van der Waals surface area (Å²) >= 11 is 0. The number of amides is 1. The van der Waals surface area contributed by atoms with Crippen LogP contribution in [0.25, 0.3) is 0 Å². The van der Waals surface area contributed by atoms with E-state index >= 15 is 0 Å². The van der Waals surface area contributed by atoms with E-state index in [4.69, 9.17) is 10.5 Å². The Morgan fingerprint density at radius 3 is 2.72 bits per heavy atom. The maximum absolute atomic E-state index is 13.2.